The van der Waals surface area contributed by atoms with Crippen LogP contribution in [0.2, 0.25) is 0 Å². The Labute approximate surface area is 216 Å². The average Bonchev–Trinajstić information content (AvgIpc) is 2.89. The fraction of sp³-hybridized carbons (Fsp3) is 0.433. The average molecular weight is 492 g/mol. The van der Waals surface area contributed by atoms with Gasteiger partial charge >= 0.3 is 0 Å². The van der Waals surface area contributed by atoms with Crippen molar-refractivity contribution >= 4 is 29.3 Å². The van der Waals surface area contributed by atoms with Crippen LogP contribution in [0.5, 0.6) is 11.5 Å². The van der Waals surface area contributed by atoms with Gasteiger partial charge < -0.3 is 19.3 Å². The fourth-order valence-corrected chi connectivity index (χ4v) is 4.79. The number of anilines is 2. The molecule has 0 aromatic heterocycles. The molecule has 0 saturated carbocycles. The van der Waals surface area contributed by atoms with Crippen LogP contribution in [0.1, 0.15) is 38.8 Å². The van der Waals surface area contributed by atoms with Crippen molar-refractivity contribution in [3.05, 3.63) is 58.7 Å². The molecule has 0 spiro atoms. The molecule has 0 radical (unpaired) electrons. The first-order valence-electron chi connectivity index (χ1n) is 12.9. The minimum absolute atomic E-state index is 0.0674. The molecule has 0 N–H and O–H groups in total. The smallest absolute Gasteiger partial charge is 0.187 e. The molecular formula is C30H41N3O3. The maximum absolute atomic E-state index is 13.6. The standard InChI is InChI=1S/C30H41N3O3/c1-8-32(9-2)26-14-12-22(28(18-26)35-6)16-24-20-31(5)21-25(30(24)34)17-23-13-15-27(19-29(23)36-7)33(10-3)11-4/h12-19H,8-11,20-21H2,1-7H3. The number of Topliss-reactive ketones (excluding diaryl/α,β-unsaturated/α-hetero) is 1. The van der Waals surface area contributed by atoms with Gasteiger partial charge in [-0.25, -0.2) is 0 Å². The summed E-state index contributed by atoms with van der Waals surface area (Å²) in [6.45, 7) is 13.5. The second-order valence-corrected chi connectivity index (χ2v) is 9.04. The summed E-state index contributed by atoms with van der Waals surface area (Å²) in [5, 5.41) is 0. The molecule has 0 atom stereocenters. The normalized spacial score (nSPS) is 16.5. The molecule has 194 valence electrons. The number of ketones is 1. The first kappa shape index (κ1) is 27.3. The Kier molecular flexibility index (Phi) is 9.59. The van der Waals surface area contributed by atoms with E-state index in [1.165, 1.54) is 0 Å². The van der Waals surface area contributed by atoms with Crippen LogP contribution in [0, 0.1) is 0 Å². The van der Waals surface area contributed by atoms with Gasteiger partial charge in [-0.3, -0.25) is 9.69 Å². The van der Waals surface area contributed by atoms with Gasteiger partial charge in [0, 0.05) is 85.0 Å². The van der Waals surface area contributed by atoms with Crippen LogP contribution in [0.4, 0.5) is 11.4 Å². The summed E-state index contributed by atoms with van der Waals surface area (Å²) in [6, 6.07) is 12.4. The van der Waals surface area contributed by atoms with Crippen LogP contribution in [0.15, 0.2) is 47.5 Å². The number of methoxy groups -OCH3 is 2. The van der Waals surface area contributed by atoms with Crippen LogP contribution < -0.4 is 19.3 Å². The lowest BCUT2D eigenvalue weighted by Crippen LogP contribution is -2.34. The zero-order chi connectivity index (χ0) is 26.2. The van der Waals surface area contributed by atoms with Crippen LogP contribution in [-0.2, 0) is 4.79 Å². The largest absolute Gasteiger partial charge is 0.496 e. The zero-order valence-corrected chi connectivity index (χ0v) is 22.9. The number of piperidine rings is 1. The lowest BCUT2D eigenvalue weighted by atomic mass is 9.94. The Hall–Kier alpha value is -3.25. The van der Waals surface area contributed by atoms with E-state index < -0.39 is 0 Å². The first-order chi connectivity index (χ1) is 17.4. The van der Waals surface area contributed by atoms with Gasteiger partial charge in [0.15, 0.2) is 5.78 Å². The molecule has 1 fully saturated rings. The fourth-order valence-electron chi connectivity index (χ4n) is 4.79. The van der Waals surface area contributed by atoms with Crippen LogP contribution in [-0.4, -0.2) is 71.2 Å². The number of benzene rings is 2. The third-order valence-electron chi connectivity index (χ3n) is 6.81. The predicted molar refractivity (Wildman–Crippen MR) is 152 cm³/mol. The van der Waals surface area contributed by atoms with E-state index in [2.05, 4.69) is 66.7 Å². The van der Waals surface area contributed by atoms with Crippen molar-refractivity contribution in [3.8, 4) is 11.5 Å². The highest BCUT2D eigenvalue weighted by Gasteiger charge is 2.25. The van der Waals surface area contributed by atoms with Crippen molar-refractivity contribution in [1.82, 2.24) is 4.90 Å². The lowest BCUT2D eigenvalue weighted by Gasteiger charge is -2.27. The Morgan fingerprint density at radius 2 is 1.14 bits per heavy atom. The topological polar surface area (TPSA) is 45.2 Å². The van der Waals surface area contributed by atoms with E-state index >= 15 is 0 Å². The second-order valence-electron chi connectivity index (χ2n) is 9.04. The van der Waals surface area contributed by atoms with Gasteiger partial charge in [-0.15, -0.1) is 0 Å². The number of hydrogen-bond donors (Lipinski definition) is 0. The van der Waals surface area contributed by atoms with Crippen LogP contribution >= 0.6 is 0 Å². The van der Waals surface area contributed by atoms with E-state index in [-0.39, 0.29) is 5.78 Å². The Morgan fingerprint density at radius 3 is 1.47 bits per heavy atom. The van der Waals surface area contributed by atoms with E-state index in [1.54, 1.807) is 14.2 Å². The molecule has 0 amide bonds. The Bertz CT molecular complexity index is 1030. The molecule has 36 heavy (non-hydrogen) atoms. The SMILES string of the molecule is CCN(CC)c1ccc(C=C2CN(C)CC(=Cc3ccc(N(CC)CC)cc3OC)C2=O)c(OC)c1. The summed E-state index contributed by atoms with van der Waals surface area (Å²) in [5.74, 6) is 1.61. The molecule has 1 aliphatic heterocycles. The predicted octanol–water partition coefficient (Wildman–Crippen LogP) is 5.38. The quantitative estimate of drug-likeness (QED) is 0.416. The minimum atomic E-state index is 0.0674. The van der Waals surface area contributed by atoms with E-state index in [0.717, 1.165) is 71.3 Å². The molecule has 1 saturated heterocycles. The van der Waals surface area contributed by atoms with Crippen LogP contribution in [0.3, 0.4) is 0 Å². The minimum Gasteiger partial charge on any atom is -0.496 e. The summed E-state index contributed by atoms with van der Waals surface area (Å²) in [5.41, 5.74) is 5.56. The van der Waals surface area contributed by atoms with Crippen molar-refractivity contribution in [1.29, 1.82) is 0 Å². The summed E-state index contributed by atoms with van der Waals surface area (Å²) in [4.78, 5) is 20.3. The van der Waals surface area contributed by atoms with Crippen molar-refractivity contribution in [3.63, 3.8) is 0 Å². The van der Waals surface area contributed by atoms with Crippen molar-refractivity contribution in [2.75, 3.05) is 70.3 Å². The van der Waals surface area contributed by atoms with Crippen molar-refractivity contribution in [2.45, 2.75) is 27.7 Å². The number of carbonyl (C=O) groups is 1. The van der Waals surface area contributed by atoms with Gasteiger partial charge in [0.1, 0.15) is 11.5 Å². The highest BCUT2D eigenvalue weighted by atomic mass is 16.5. The molecule has 6 heteroatoms. The molecule has 2 aromatic carbocycles. The first-order valence-corrected chi connectivity index (χ1v) is 12.9. The summed E-state index contributed by atoms with van der Waals surface area (Å²) in [7, 11) is 5.39. The Balaban J connectivity index is 1.96. The highest BCUT2D eigenvalue weighted by Crippen LogP contribution is 2.31. The van der Waals surface area contributed by atoms with Crippen molar-refractivity contribution in [2.24, 2.45) is 0 Å². The van der Waals surface area contributed by atoms with E-state index in [4.69, 9.17) is 9.47 Å². The number of nitrogens with zero attached hydrogens (tertiary/aromatic N) is 3. The van der Waals surface area contributed by atoms with Crippen LogP contribution in [0.25, 0.3) is 12.2 Å². The van der Waals surface area contributed by atoms with Gasteiger partial charge in [0.2, 0.25) is 0 Å². The number of rotatable bonds is 10. The highest BCUT2D eigenvalue weighted by molar-refractivity contribution is 6.14. The molecular weight excluding hydrogens is 450 g/mol. The lowest BCUT2D eigenvalue weighted by molar-refractivity contribution is -0.113. The van der Waals surface area contributed by atoms with E-state index in [0.29, 0.717) is 13.1 Å². The summed E-state index contributed by atoms with van der Waals surface area (Å²) < 4.78 is 11.4. The maximum Gasteiger partial charge on any atom is 0.187 e. The van der Waals surface area contributed by atoms with Gasteiger partial charge in [-0.1, -0.05) is 0 Å². The molecule has 0 bridgehead atoms. The number of carbonyl (C=O) groups excluding carboxylic acids is 1. The molecule has 6 nitrogen and oxygen atoms in total. The van der Waals surface area contributed by atoms with Crippen molar-refractivity contribution < 1.29 is 14.3 Å². The molecule has 0 unspecified atom stereocenters. The third kappa shape index (κ3) is 6.11. The molecule has 2 aromatic rings. The second kappa shape index (κ2) is 12.6. The summed E-state index contributed by atoms with van der Waals surface area (Å²) in [6.07, 6.45) is 3.94. The number of likely N-dealkylation sites (tertiary alicyclic amines) is 1. The monoisotopic (exact) mass is 491 g/mol. The van der Waals surface area contributed by atoms with Gasteiger partial charge in [0.05, 0.1) is 14.2 Å². The number of hydrogen-bond acceptors (Lipinski definition) is 6. The zero-order valence-electron chi connectivity index (χ0n) is 22.9. The summed E-state index contributed by atoms with van der Waals surface area (Å²) >= 11 is 0. The molecule has 0 aliphatic carbocycles. The van der Waals surface area contributed by atoms with Gasteiger partial charge in [0.25, 0.3) is 0 Å². The maximum atomic E-state index is 13.6. The van der Waals surface area contributed by atoms with Gasteiger partial charge in [-0.2, -0.15) is 0 Å². The van der Waals surface area contributed by atoms with E-state index in [1.807, 2.05) is 31.3 Å². The molecule has 3 rings (SSSR count). The Morgan fingerprint density at radius 1 is 0.750 bits per heavy atom. The van der Waals surface area contributed by atoms with Gasteiger partial charge in [-0.05, 0) is 71.2 Å². The number of likely N-dealkylation sites (N-methyl/N-ethyl adjacent to an activating group) is 1. The molecule has 1 aliphatic rings. The third-order valence-corrected chi connectivity index (χ3v) is 6.81. The van der Waals surface area contributed by atoms with E-state index in [9.17, 15) is 4.79 Å². The number of ether oxygens (including phenoxy) is 2. The molecule has 1 heterocycles.